The van der Waals surface area contributed by atoms with Crippen LogP contribution in [0.15, 0.2) is 47.4 Å². The van der Waals surface area contributed by atoms with Crippen LogP contribution in [0.2, 0.25) is 0 Å². The van der Waals surface area contributed by atoms with Crippen LogP contribution in [0.4, 0.5) is 5.69 Å². The molecule has 0 bridgehead atoms. The molecular formula is C16H17NO5S. The lowest BCUT2D eigenvalue weighted by Gasteiger charge is -2.10. The molecule has 0 aromatic heterocycles. The van der Waals surface area contributed by atoms with E-state index in [-0.39, 0.29) is 10.5 Å². The van der Waals surface area contributed by atoms with E-state index in [2.05, 4.69) is 5.32 Å². The third-order valence-corrected chi connectivity index (χ3v) is 4.24. The van der Waals surface area contributed by atoms with Gasteiger partial charge in [0.25, 0.3) is 5.91 Å². The van der Waals surface area contributed by atoms with Crippen LogP contribution in [-0.4, -0.2) is 34.8 Å². The van der Waals surface area contributed by atoms with Crippen LogP contribution < -0.4 is 14.8 Å². The zero-order chi connectivity index (χ0) is 17.0. The Bertz CT molecular complexity index is 808. The van der Waals surface area contributed by atoms with Crippen molar-refractivity contribution in [3.63, 3.8) is 0 Å². The first-order valence-electron chi connectivity index (χ1n) is 6.68. The summed E-state index contributed by atoms with van der Waals surface area (Å²) in [7, 11) is -0.353. The number of carbonyl (C=O) groups excluding carboxylic acids is 1. The van der Waals surface area contributed by atoms with Gasteiger partial charge in [0.05, 0.1) is 19.1 Å². The highest BCUT2D eigenvalue weighted by atomic mass is 32.2. The van der Waals surface area contributed by atoms with Gasteiger partial charge in [-0.1, -0.05) is 6.07 Å². The lowest BCUT2D eigenvalue weighted by Crippen LogP contribution is -2.13. The smallest absolute Gasteiger partial charge is 0.255 e. The first-order valence-corrected chi connectivity index (χ1v) is 8.57. The van der Waals surface area contributed by atoms with E-state index in [1.165, 1.54) is 32.4 Å². The number of carbonyl (C=O) groups is 1. The molecule has 0 atom stereocenters. The van der Waals surface area contributed by atoms with Crippen molar-refractivity contribution in [1.29, 1.82) is 0 Å². The molecule has 6 nitrogen and oxygen atoms in total. The topological polar surface area (TPSA) is 81.7 Å². The predicted octanol–water partition coefficient (Wildman–Crippen LogP) is 2.36. The van der Waals surface area contributed by atoms with Gasteiger partial charge in [-0.05, 0) is 18.2 Å². The minimum Gasteiger partial charge on any atom is -0.497 e. The van der Waals surface area contributed by atoms with E-state index in [1.54, 1.807) is 24.3 Å². The zero-order valence-electron chi connectivity index (χ0n) is 13.0. The quantitative estimate of drug-likeness (QED) is 0.907. The summed E-state index contributed by atoms with van der Waals surface area (Å²) >= 11 is 0. The second-order valence-corrected chi connectivity index (χ2v) is 6.87. The van der Waals surface area contributed by atoms with Gasteiger partial charge in [-0.15, -0.1) is 0 Å². The summed E-state index contributed by atoms with van der Waals surface area (Å²) in [6, 6.07) is 10.8. The van der Waals surface area contributed by atoms with Crippen molar-refractivity contribution in [2.24, 2.45) is 0 Å². The van der Waals surface area contributed by atoms with Crippen LogP contribution in [0.1, 0.15) is 10.4 Å². The van der Waals surface area contributed by atoms with E-state index >= 15 is 0 Å². The Balaban J connectivity index is 2.29. The summed E-state index contributed by atoms with van der Waals surface area (Å²) in [5, 5.41) is 2.69. The molecule has 0 saturated heterocycles. The SMILES string of the molecule is COc1cc(NC(=O)c2cccc(S(C)(=O)=O)c2)cc(OC)c1. The molecule has 0 aliphatic carbocycles. The number of methoxy groups -OCH3 is 2. The van der Waals surface area contributed by atoms with E-state index in [9.17, 15) is 13.2 Å². The number of benzene rings is 2. The molecule has 23 heavy (non-hydrogen) atoms. The van der Waals surface area contributed by atoms with Crippen molar-refractivity contribution in [2.45, 2.75) is 4.90 Å². The van der Waals surface area contributed by atoms with Gasteiger partial charge in [0.2, 0.25) is 0 Å². The first-order chi connectivity index (χ1) is 10.8. The Morgan fingerprint density at radius 3 is 2.13 bits per heavy atom. The van der Waals surface area contributed by atoms with Crippen molar-refractivity contribution < 1.29 is 22.7 Å². The van der Waals surface area contributed by atoms with E-state index < -0.39 is 15.7 Å². The number of rotatable bonds is 5. The van der Waals surface area contributed by atoms with Crippen molar-refractivity contribution in [1.82, 2.24) is 0 Å². The second-order valence-electron chi connectivity index (χ2n) is 4.86. The third-order valence-electron chi connectivity index (χ3n) is 3.13. The molecule has 2 aromatic rings. The molecule has 2 aromatic carbocycles. The number of ether oxygens (including phenoxy) is 2. The number of sulfone groups is 1. The average molecular weight is 335 g/mol. The van der Waals surface area contributed by atoms with E-state index in [4.69, 9.17) is 9.47 Å². The predicted molar refractivity (Wildman–Crippen MR) is 87.1 cm³/mol. The van der Waals surface area contributed by atoms with Crippen molar-refractivity contribution >= 4 is 21.4 Å². The van der Waals surface area contributed by atoms with Crippen LogP contribution in [0.25, 0.3) is 0 Å². The molecule has 1 amide bonds. The lowest BCUT2D eigenvalue weighted by molar-refractivity contribution is 0.102. The molecule has 2 rings (SSSR count). The van der Waals surface area contributed by atoms with Crippen LogP contribution in [0.3, 0.4) is 0 Å². The fourth-order valence-electron chi connectivity index (χ4n) is 1.95. The summed E-state index contributed by atoms with van der Waals surface area (Å²) in [5.74, 6) is 0.639. The molecule has 7 heteroatoms. The lowest BCUT2D eigenvalue weighted by atomic mass is 10.2. The summed E-state index contributed by atoms with van der Waals surface area (Å²) in [6.07, 6.45) is 1.09. The molecule has 0 fully saturated rings. The van der Waals surface area contributed by atoms with Crippen LogP contribution in [0.5, 0.6) is 11.5 Å². The van der Waals surface area contributed by atoms with Gasteiger partial charge in [0, 0.05) is 35.7 Å². The average Bonchev–Trinajstić information content (AvgIpc) is 2.53. The van der Waals surface area contributed by atoms with Crippen molar-refractivity contribution in [3.8, 4) is 11.5 Å². The number of hydrogen-bond acceptors (Lipinski definition) is 5. The highest BCUT2D eigenvalue weighted by molar-refractivity contribution is 7.90. The van der Waals surface area contributed by atoms with Gasteiger partial charge in [0.1, 0.15) is 11.5 Å². The number of nitrogens with one attached hydrogen (secondary N) is 1. The Kier molecular flexibility index (Phi) is 4.90. The number of hydrogen-bond donors (Lipinski definition) is 1. The Hall–Kier alpha value is -2.54. The summed E-state index contributed by atoms with van der Waals surface area (Å²) in [5.41, 5.74) is 0.727. The summed E-state index contributed by atoms with van der Waals surface area (Å²) in [4.78, 5) is 12.4. The maximum atomic E-state index is 12.3. The number of anilines is 1. The van der Waals surface area contributed by atoms with Crippen molar-refractivity contribution in [2.75, 3.05) is 25.8 Å². The van der Waals surface area contributed by atoms with E-state index in [0.29, 0.717) is 17.2 Å². The van der Waals surface area contributed by atoms with Crippen LogP contribution in [0, 0.1) is 0 Å². The molecule has 0 aliphatic heterocycles. The minimum absolute atomic E-state index is 0.0911. The van der Waals surface area contributed by atoms with E-state index in [1.807, 2.05) is 0 Å². The Labute approximate surface area is 135 Å². The van der Waals surface area contributed by atoms with Gasteiger partial charge < -0.3 is 14.8 Å². The van der Waals surface area contributed by atoms with Crippen molar-refractivity contribution in [3.05, 3.63) is 48.0 Å². The van der Waals surface area contributed by atoms with Crippen LogP contribution in [-0.2, 0) is 9.84 Å². The van der Waals surface area contributed by atoms with E-state index in [0.717, 1.165) is 6.26 Å². The van der Waals surface area contributed by atoms with Gasteiger partial charge in [-0.3, -0.25) is 4.79 Å². The van der Waals surface area contributed by atoms with Gasteiger partial charge >= 0.3 is 0 Å². The van der Waals surface area contributed by atoms with Gasteiger partial charge in [0.15, 0.2) is 9.84 Å². The standard InChI is InChI=1S/C16H17NO5S/c1-21-13-8-12(9-14(10-13)22-2)17-16(18)11-5-4-6-15(7-11)23(3,19)20/h4-10H,1-3H3,(H,17,18). The molecule has 0 saturated carbocycles. The zero-order valence-corrected chi connectivity index (χ0v) is 13.8. The Morgan fingerprint density at radius 2 is 1.61 bits per heavy atom. The maximum absolute atomic E-state index is 12.3. The summed E-state index contributed by atoms with van der Waals surface area (Å²) < 4.78 is 33.4. The molecule has 1 N–H and O–H groups in total. The molecule has 0 heterocycles. The minimum atomic E-state index is -3.37. The summed E-state index contributed by atoms with van der Waals surface area (Å²) in [6.45, 7) is 0. The fraction of sp³-hybridized carbons (Fsp3) is 0.188. The molecule has 0 unspecified atom stereocenters. The van der Waals surface area contributed by atoms with Gasteiger partial charge in [-0.25, -0.2) is 8.42 Å². The Morgan fingerprint density at radius 1 is 1.00 bits per heavy atom. The third kappa shape index (κ3) is 4.23. The molecular weight excluding hydrogens is 318 g/mol. The largest absolute Gasteiger partial charge is 0.497 e. The molecule has 0 radical (unpaired) electrons. The van der Waals surface area contributed by atoms with Crippen LogP contribution >= 0.6 is 0 Å². The first kappa shape index (κ1) is 16.8. The molecule has 122 valence electrons. The molecule has 0 spiro atoms. The number of amides is 1. The fourth-order valence-corrected chi connectivity index (χ4v) is 2.62. The van der Waals surface area contributed by atoms with Gasteiger partial charge in [-0.2, -0.15) is 0 Å². The normalized spacial score (nSPS) is 10.9. The highest BCUT2D eigenvalue weighted by Crippen LogP contribution is 2.26. The monoisotopic (exact) mass is 335 g/mol. The second kappa shape index (κ2) is 6.70. The molecule has 0 aliphatic rings. The highest BCUT2D eigenvalue weighted by Gasteiger charge is 2.12. The maximum Gasteiger partial charge on any atom is 0.255 e.